The predicted octanol–water partition coefficient (Wildman–Crippen LogP) is 1.84. The molecule has 1 aromatic carbocycles. The van der Waals surface area contributed by atoms with E-state index in [2.05, 4.69) is 24.5 Å². The number of hydrogen-bond acceptors (Lipinski definition) is 3. The first-order valence-electron chi connectivity index (χ1n) is 5.89. The molecule has 1 rings (SSSR count). The first-order valence-corrected chi connectivity index (χ1v) is 5.89. The molecule has 0 saturated heterocycles. The van der Waals surface area contributed by atoms with Gasteiger partial charge in [0.2, 0.25) is 5.91 Å². The van der Waals surface area contributed by atoms with Gasteiger partial charge in [0.1, 0.15) is 6.04 Å². The maximum Gasteiger partial charge on any atom is 0.242 e. The lowest BCUT2D eigenvalue weighted by atomic mass is 10.2. The molecule has 4 nitrogen and oxygen atoms in total. The third-order valence-electron chi connectivity index (χ3n) is 2.37. The second kappa shape index (κ2) is 6.13. The number of benzene rings is 1. The maximum absolute atomic E-state index is 11.7. The zero-order chi connectivity index (χ0) is 12.8. The molecule has 4 heteroatoms. The SMILES string of the molecule is CC(C)CNC(=O)C(C)Nc1ccc(N)cc1. The van der Waals surface area contributed by atoms with Gasteiger partial charge in [0.25, 0.3) is 0 Å². The van der Waals surface area contributed by atoms with Crippen molar-refractivity contribution < 1.29 is 4.79 Å². The highest BCUT2D eigenvalue weighted by Gasteiger charge is 2.12. The van der Waals surface area contributed by atoms with Gasteiger partial charge in [0, 0.05) is 17.9 Å². The molecule has 94 valence electrons. The predicted molar refractivity (Wildman–Crippen MR) is 71.8 cm³/mol. The van der Waals surface area contributed by atoms with Crippen LogP contribution in [-0.2, 0) is 4.79 Å². The van der Waals surface area contributed by atoms with Gasteiger partial charge in [0.05, 0.1) is 0 Å². The van der Waals surface area contributed by atoms with E-state index in [9.17, 15) is 4.79 Å². The molecule has 0 fully saturated rings. The van der Waals surface area contributed by atoms with Gasteiger partial charge in [-0.2, -0.15) is 0 Å². The van der Waals surface area contributed by atoms with Crippen LogP contribution in [0.4, 0.5) is 11.4 Å². The van der Waals surface area contributed by atoms with E-state index in [-0.39, 0.29) is 11.9 Å². The first-order chi connectivity index (χ1) is 7.99. The lowest BCUT2D eigenvalue weighted by Crippen LogP contribution is -2.39. The number of carbonyl (C=O) groups excluding carboxylic acids is 1. The summed E-state index contributed by atoms with van der Waals surface area (Å²) in [6.07, 6.45) is 0. The van der Waals surface area contributed by atoms with E-state index in [1.54, 1.807) is 12.1 Å². The van der Waals surface area contributed by atoms with Crippen molar-refractivity contribution in [2.45, 2.75) is 26.8 Å². The highest BCUT2D eigenvalue weighted by molar-refractivity contribution is 5.84. The summed E-state index contributed by atoms with van der Waals surface area (Å²) in [6.45, 7) is 6.68. The highest BCUT2D eigenvalue weighted by atomic mass is 16.2. The van der Waals surface area contributed by atoms with Crippen LogP contribution in [0.1, 0.15) is 20.8 Å². The van der Waals surface area contributed by atoms with Crippen LogP contribution in [0.2, 0.25) is 0 Å². The van der Waals surface area contributed by atoms with E-state index in [0.29, 0.717) is 18.2 Å². The van der Waals surface area contributed by atoms with Gasteiger partial charge in [-0.05, 0) is 37.1 Å². The second-order valence-corrected chi connectivity index (χ2v) is 4.63. The zero-order valence-corrected chi connectivity index (χ0v) is 10.7. The number of carbonyl (C=O) groups is 1. The summed E-state index contributed by atoms with van der Waals surface area (Å²) in [7, 11) is 0. The highest BCUT2D eigenvalue weighted by Crippen LogP contribution is 2.11. The van der Waals surface area contributed by atoms with Gasteiger partial charge in [-0.15, -0.1) is 0 Å². The fraction of sp³-hybridized carbons (Fsp3) is 0.462. The molecule has 0 bridgehead atoms. The molecule has 1 unspecified atom stereocenters. The van der Waals surface area contributed by atoms with E-state index in [4.69, 9.17) is 5.73 Å². The Morgan fingerprint density at radius 1 is 1.24 bits per heavy atom. The van der Waals surface area contributed by atoms with Gasteiger partial charge in [-0.25, -0.2) is 0 Å². The van der Waals surface area contributed by atoms with E-state index in [1.807, 2.05) is 19.1 Å². The summed E-state index contributed by atoms with van der Waals surface area (Å²) in [5, 5.41) is 6.01. The average Bonchev–Trinajstić information content (AvgIpc) is 2.28. The third kappa shape index (κ3) is 4.76. The molecule has 0 aliphatic carbocycles. The maximum atomic E-state index is 11.7. The Balaban J connectivity index is 2.45. The van der Waals surface area contributed by atoms with Gasteiger partial charge in [0.15, 0.2) is 0 Å². The smallest absolute Gasteiger partial charge is 0.242 e. The standard InChI is InChI=1S/C13H21N3O/c1-9(2)8-15-13(17)10(3)16-12-6-4-11(14)5-7-12/h4-7,9-10,16H,8,14H2,1-3H3,(H,15,17). The summed E-state index contributed by atoms with van der Waals surface area (Å²) in [4.78, 5) is 11.7. The minimum Gasteiger partial charge on any atom is -0.399 e. The molecule has 0 spiro atoms. The fourth-order valence-electron chi connectivity index (χ4n) is 1.35. The Morgan fingerprint density at radius 2 is 1.82 bits per heavy atom. The van der Waals surface area contributed by atoms with Crippen molar-refractivity contribution in [1.29, 1.82) is 0 Å². The van der Waals surface area contributed by atoms with Crippen LogP contribution in [0, 0.1) is 5.92 Å². The van der Waals surface area contributed by atoms with Crippen molar-refractivity contribution in [3.63, 3.8) is 0 Å². The lowest BCUT2D eigenvalue weighted by Gasteiger charge is -2.16. The van der Waals surface area contributed by atoms with Gasteiger partial charge >= 0.3 is 0 Å². The second-order valence-electron chi connectivity index (χ2n) is 4.63. The van der Waals surface area contributed by atoms with Gasteiger partial charge in [-0.1, -0.05) is 13.8 Å². The number of nitrogen functional groups attached to an aromatic ring is 1. The number of amides is 1. The van der Waals surface area contributed by atoms with Crippen molar-refractivity contribution in [1.82, 2.24) is 5.32 Å². The molecule has 0 aliphatic heterocycles. The van der Waals surface area contributed by atoms with Crippen LogP contribution in [0.3, 0.4) is 0 Å². The van der Waals surface area contributed by atoms with Gasteiger partial charge < -0.3 is 16.4 Å². The average molecular weight is 235 g/mol. The molecule has 0 aliphatic rings. The third-order valence-corrected chi connectivity index (χ3v) is 2.37. The van der Waals surface area contributed by atoms with Gasteiger partial charge in [-0.3, -0.25) is 4.79 Å². The Morgan fingerprint density at radius 3 is 2.35 bits per heavy atom. The van der Waals surface area contributed by atoms with Crippen LogP contribution >= 0.6 is 0 Å². The Bertz CT molecular complexity index is 359. The lowest BCUT2D eigenvalue weighted by molar-refractivity contribution is -0.121. The number of nitrogens with one attached hydrogen (secondary N) is 2. The van der Waals surface area contributed by atoms with Crippen molar-refractivity contribution in [2.75, 3.05) is 17.6 Å². The largest absolute Gasteiger partial charge is 0.399 e. The van der Waals surface area contributed by atoms with Crippen molar-refractivity contribution >= 4 is 17.3 Å². The van der Waals surface area contributed by atoms with E-state index in [1.165, 1.54) is 0 Å². The van der Waals surface area contributed by atoms with Crippen LogP contribution in [0.5, 0.6) is 0 Å². The number of rotatable bonds is 5. The summed E-state index contributed by atoms with van der Waals surface area (Å²) in [5.41, 5.74) is 7.20. The van der Waals surface area contributed by atoms with Crippen molar-refractivity contribution in [2.24, 2.45) is 5.92 Å². The summed E-state index contributed by atoms with van der Waals surface area (Å²) in [6, 6.07) is 7.09. The number of anilines is 2. The van der Waals surface area contributed by atoms with Crippen molar-refractivity contribution in [3.05, 3.63) is 24.3 Å². The van der Waals surface area contributed by atoms with Crippen LogP contribution < -0.4 is 16.4 Å². The van der Waals surface area contributed by atoms with E-state index >= 15 is 0 Å². The molecule has 4 N–H and O–H groups in total. The Hall–Kier alpha value is -1.71. The minimum atomic E-state index is -0.252. The van der Waals surface area contributed by atoms with Crippen LogP contribution in [-0.4, -0.2) is 18.5 Å². The first kappa shape index (κ1) is 13.4. The zero-order valence-electron chi connectivity index (χ0n) is 10.7. The molecular formula is C13H21N3O. The molecule has 0 saturated carbocycles. The topological polar surface area (TPSA) is 67.2 Å². The summed E-state index contributed by atoms with van der Waals surface area (Å²) in [5.74, 6) is 0.471. The molecular weight excluding hydrogens is 214 g/mol. The monoisotopic (exact) mass is 235 g/mol. The number of nitrogens with two attached hydrogens (primary N) is 1. The van der Waals surface area contributed by atoms with Crippen LogP contribution in [0.15, 0.2) is 24.3 Å². The molecule has 1 amide bonds. The summed E-state index contributed by atoms with van der Waals surface area (Å²) >= 11 is 0. The summed E-state index contributed by atoms with van der Waals surface area (Å²) < 4.78 is 0. The fourth-order valence-corrected chi connectivity index (χ4v) is 1.35. The molecule has 0 radical (unpaired) electrons. The molecule has 17 heavy (non-hydrogen) atoms. The minimum absolute atomic E-state index is 0.00975. The molecule has 0 heterocycles. The molecule has 1 atom stereocenters. The normalized spacial score (nSPS) is 12.2. The van der Waals surface area contributed by atoms with E-state index < -0.39 is 0 Å². The number of hydrogen-bond donors (Lipinski definition) is 3. The van der Waals surface area contributed by atoms with Crippen LogP contribution in [0.25, 0.3) is 0 Å². The van der Waals surface area contributed by atoms with Crippen molar-refractivity contribution in [3.8, 4) is 0 Å². The molecule has 0 aromatic heterocycles. The quantitative estimate of drug-likeness (QED) is 0.682. The van der Waals surface area contributed by atoms with E-state index in [0.717, 1.165) is 5.69 Å². The Labute approximate surface area is 103 Å². The molecule has 1 aromatic rings. The Kier molecular flexibility index (Phi) is 4.82.